The number of aromatic nitrogens is 1. The molecule has 0 unspecified atom stereocenters. The second-order valence-corrected chi connectivity index (χ2v) is 9.89. The second kappa shape index (κ2) is 10.5. The first kappa shape index (κ1) is 26.5. The number of amides is 1. The van der Waals surface area contributed by atoms with Crippen LogP contribution in [0.25, 0.3) is 10.9 Å². The van der Waals surface area contributed by atoms with Gasteiger partial charge in [0.05, 0.1) is 11.4 Å². The summed E-state index contributed by atoms with van der Waals surface area (Å²) >= 11 is 0. The number of halogens is 2. The lowest BCUT2D eigenvalue weighted by atomic mass is 10.0. The van der Waals surface area contributed by atoms with Gasteiger partial charge in [-0.3, -0.25) is 4.79 Å². The Bertz CT molecular complexity index is 1300. The number of nitrogens with two attached hydrogens (primary N) is 2. The maximum atomic E-state index is 14.3. The second-order valence-electron chi connectivity index (χ2n) is 7.74. The van der Waals surface area contributed by atoms with Crippen molar-refractivity contribution in [1.29, 1.82) is 0 Å². The third-order valence-electron chi connectivity index (χ3n) is 5.47. The molecule has 2 aromatic carbocycles. The first-order valence-electron chi connectivity index (χ1n) is 10.0. The Hall–Kier alpha value is -2.72. The summed E-state index contributed by atoms with van der Waals surface area (Å²) in [6.07, 6.45) is 1.80. The summed E-state index contributed by atoms with van der Waals surface area (Å²) in [5.74, 6) is -0.896. The molecule has 178 valence electrons. The molecule has 0 aliphatic carbocycles. The van der Waals surface area contributed by atoms with Crippen LogP contribution in [0, 0.1) is 6.92 Å². The van der Waals surface area contributed by atoms with E-state index in [4.69, 9.17) is 11.5 Å². The summed E-state index contributed by atoms with van der Waals surface area (Å²) in [5.41, 5.74) is 14.7. The standard InChI is InChI=1S/C23H27FN4O3S.ClH/c1-15-20(12-16-4-7-19(8-5-16)32(30,31)27(2)3)21-13-17(23(26)29)6-9-22(21)28(15)14-18(24)10-11-25;/h4-10,13H,11-12,14,25H2,1-3H3,(H2,26,29);1H/b18-10-;. The molecule has 0 saturated carbocycles. The molecule has 3 rings (SSSR count). The van der Waals surface area contributed by atoms with Crippen molar-refractivity contribution in [2.45, 2.75) is 24.8 Å². The Morgan fingerprint density at radius 2 is 1.79 bits per heavy atom. The van der Waals surface area contributed by atoms with Gasteiger partial charge >= 0.3 is 0 Å². The number of carbonyl (C=O) groups is 1. The molecule has 1 amide bonds. The minimum absolute atomic E-state index is 0. The van der Waals surface area contributed by atoms with Crippen molar-refractivity contribution in [2.24, 2.45) is 11.5 Å². The molecular weight excluding hydrogens is 467 g/mol. The Morgan fingerprint density at radius 1 is 1.15 bits per heavy atom. The maximum absolute atomic E-state index is 14.3. The summed E-state index contributed by atoms with van der Waals surface area (Å²) in [6, 6.07) is 11.7. The van der Waals surface area contributed by atoms with Crippen molar-refractivity contribution in [3.8, 4) is 0 Å². The number of fused-ring (bicyclic) bond motifs is 1. The number of carbonyl (C=O) groups excluding carboxylic acids is 1. The smallest absolute Gasteiger partial charge is 0.248 e. The molecular formula is C23H28ClFN4O3S. The van der Waals surface area contributed by atoms with Crippen molar-refractivity contribution in [2.75, 3.05) is 20.6 Å². The van der Waals surface area contributed by atoms with Crippen LogP contribution in [-0.2, 0) is 23.0 Å². The predicted octanol–water partition coefficient (Wildman–Crippen LogP) is 3.12. The fourth-order valence-corrected chi connectivity index (χ4v) is 4.57. The number of benzene rings is 2. The molecule has 10 heteroatoms. The number of allylic oxidation sites excluding steroid dienone is 1. The molecule has 0 spiro atoms. The largest absolute Gasteiger partial charge is 0.366 e. The van der Waals surface area contributed by atoms with Gasteiger partial charge in [-0.2, -0.15) is 0 Å². The molecule has 0 aliphatic heterocycles. The molecule has 1 heterocycles. The SMILES string of the molecule is Cc1c(Cc2ccc(S(=O)(=O)N(C)C)cc2)c2cc(C(N)=O)ccc2n1C/C(F)=C/CN.Cl. The summed E-state index contributed by atoms with van der Waals surface area (Å²) in [4.78, 5) is 11.9. The van der Waals surface area contributed by atoms with Crippen LogP contribution >= 0.6 is 12.4 Å². The molecule has 1 aromatic heterocycles. The van der Waals surface area contributed by atoms with E-state index >= 15 is 0 Å². The van der Waals surface area contributed by atoms with Gasteiger partial charge in [-0.05, 0) is 60.9 Å². The van der Waals surface area contributed by atoms with E-state index in [9.17, 15) is 17.6 Å². The van der Waals surface area contributed by atoms with E-state index < -0.39 is 15.9 Å². The van der Waals surface area contributed by atoms with Crippen LogP contribution in [0.4, 0.5) is 4.39 Å². The Kier molecular flexibility index (Phi) is 8.42. The van der Waals surface area contributed by atoms with Crippen LogP contribution < -0.4 is 11.5 Å². The Morgan fingerprint density at radius 3 is 2.33 bits per heavy atom. The summed E-state index contributed by atoms with van der Waals surface area (Å²) in [5, 5.41) is 0.796. The third-order valence-corrected chi connectivity index (χ3v) is 7.30. The quantitative estimate of drug-likeness (QED) is 0.501. The van der Waals surface area contributed by atoms with Crippen LogP contribution in [0.15, 0.2) is 59.3 Å². The van der Waals surface area contributed by atoms with E-state index in [1.54, 1.807) is 42.5 Å². The minimum atomic E-state index is -3.52. The average Bonchev–Trinajstić information content (AvgIpc) is 2.99. The van der Waals surface area contributed by atoms with Gasteiger partial charge in [-0.1, -0.05) is 12.1 Å². The number of sulfonamides is 1. The molecule has 0 atom stereocenters. The van der Waals surface area contributed by atoms with Gasteiger partial charge < -0.3 is 16.0 Å². The van der Waals surface area contributed by atoms with Crippen LogP contribution in [0.5, 0.6) is 0 Å². The molecule has 4 N–H and O–H groups in total. The van der Waals surface area contributed by atoms with Crippen LogP contribution in [0.1, 0.15) is 27.2 Å². The molecule has 0 saturated heterocycles. The van der Waals surface area contributed by atoms with Gasteiger partial charge in [-0.25, -0.2) is 17.1 Å². The predicted molar refractivity (Wildman–Crippen MR) is 131 cm³/mol. The zero-order chi connectivity index (χ0) is 23.6. The highest BCUT2D eigenvalue weighted by Gasteiger charge is 2.19. The molecule has 0 aliphatic rings. The maximum Gasteiger partial charge on any atom is 0.248 e. The van der Waals surface area contributed by atoms with E-state index in [0.29, 0.717) is 12.0 Å². The summed E-state index contributed by atoms with van der Waals surface area (Å²) in [6.45, 7) is 2.01. The third kappa shape index (κ3) is 5.44. The summed E-state index contributed by atoms with van der Waals surface area (Å²) in [7, 11) is -0.555. The zero-order valence-electron chi connectivity index (χ0n) is 18.7. The molecule has 3 aromatic rings. The van der Waals surface area contributed by atoms with Crippen molar-refractivity contribution < 1.29 is 17.6 Å². The topological polar surface area (TPSA) is 111 Å². The van der Waals surface area contributed by atoms with Crippen LogP contribution in [0.3, 0.4) is 0 Å². The Balaban J connectivity index is 0.00000385. The van der Waals surface area contributed by atoms with Crippen molar-refractivity contribution in [3.63, 3.8) is 0 Å². The monoisotopic (exact) mass is 494 g/mol. The van der Waals surface area contributed by atoms with Gasteiger partial charge in [-0.15, -0.1) is 12.4 Å². The van der Waals surface area contributed by atoms with Gasteiger partial charge in [0.25, 0.3) is 0 Å². The lowest BCUT2D eigenvalue weighted by Crippen LogP contribution is -2.22. The fraction of sp³-hybridized carbons (Fsp3) is 0.261. The molecule has 0 bridgehead atoms. The number of primary amides is 1. The highest BCUT2D eigenvalue weighted by molar-refractivity contribution is 7.89. The minimum Gasteiger partial charge on any atom is -0.366 e. The highest BCUT2D eigenvalue weighted by Crippen LogP contribution is 2.30. The van der Waals surface area contributed by atoms with Crippen molar-refractivity contribution in [1.82, 2.24) is 8.87 Å². The number of hydrogen-bond acceptors (Lipinski definition) is 4. The van der Waals surface area contributed by atoms with E-state index in [-0.39, 0.29) is 36.2 Å². The van der Waals surface area contributed by atoms with Gasteiger partial charge in [0, 0.05) is 42.8 Å². The van der Waals surface area contributed by atoms with Gasteiger partial charge in [0.2, 0.25) is 15.9 Å². The normalized spacial score (nSPS) is 12.2. The lowest BCUT2D eigenvalue weighted by molar-refractivity contribution is 0.100. The molecule has 0 fully saturated rings. The summed E-state index contributed by atoms with van der Waals surface area (Å²) < 4.78 is 41.9. The van der Waals surface area contributed by atoms with Crippen LogP contribution in [-0.4, -0.2) is 43.8 Å². The van der Waals surface area contributed by atoms with Gasteiger partial charge in [0.1, 0.15) is 5.83 Å². The molecule has 33 heavy (non-hydrogen) atoms. The van der Waals surface area contributed by atoms with Crippen molar-refractivity contribution in [3.05, 3.63) is 76.8 Å². The zero-order valence-corrected chi connectivity index (χ0v) is 20.3. The first-order chi connectivity index (χ1) is 15.1. The average molecular weight is 495 g/mol. The van der Waals surface area contributed by atoms with E-state index in [1.165, 1.54) is 20.2 Å². The number of nitrogens with zero attached hydrogens (tertiary/aromatic N) is 2. The van der Waals surface area contributed by atoms with E-state index in [0.717, 1.165) is 32.0 Å². The van der Waals surface area contributed by atoms with E-state index in [1.807, 2.05) is 11.5 Å². The lowest BCUT2D eigenvalue weighted by Gasteiger charge is -2.12. The highest BCUT2D eigenvalue weighted by atomic mass is 35.5. The van der Waals surface area contributed by atoms with Crippen molar-refractivity contribution >= 4 is 39.2 Å². The number of hydrogen-bond donors (Lipinski definition) is 2. The molecule has 7 nitrogen and oxygen atoms in total. The fourth-order valence-electron chi connectivity index (χ4n) is 3.67. The van der Waals surface area contributed by atoms with Gasteiger partial charge in [0.15, 0.2) is 0 Å². The van der Waals surface area contributed by atoms with Crippen LogP contribution in [0.2, 0.25) is 0 Å². The van der Waals surface area contributed by atoms with E-state index in [2.05, 4.69) is 0 Å². The first-order valence-corrected chi connectivity index (χ1v) is 11.5. The molecule has 0 radical (unpaired) electrons. The Labute approximate surface area is 199 Å². The number of rotatable bonds is 8.